The molecule has 1 atom stereocenters. The zero-order valence-corrected chi connectivity index (χ0v) is 17.3. The Kier molecular flexibility index (Phi) is 9.57. The molecule has 0 aromatic heterocycles. The van der Waals surface area contributed by atoms with Crippen LogP contribution in [0.4, 0.5) is 0 Å². The fourth-order valence-electron chi connectivity index (χ4n) is 1.30. The van der Waals surface area contributed by atoms with Gasteiger partial charge in [0.1, 0.15) is 6.34 Å². The molecule has 0 bridgehead atoms. The molecule has 3 nitrogen and oxygen atoms in total. The van der Waals surface area contributed by atoms with Gasteiger partial charge in [0.15, 0.2) is 0 Å². The van der Waals surface area contributed by atoms with Crippen molar-refractivity contribution in [1.29, 1.82) is 0 Å². The first-order chi connectivity index (χ1) is 10.0. The quantitative estimate of drug-likeness (QED) is 0.214. The molecule has 0 radical (unpaired) electrons. The Bertz CT molecular complexity index is 499. The predicted molar refractivity (Wildman–Crippen MR) is 105 cm³/mol. The highest BCUT2D eigenvalue weighted by atomic mass is 79.9. The number of hydrogen-bond acceptors (Lipinski definition) is 5. The molecule has 8 heteroatoms. The second-order valence-electron chi connectivity index (χ2n) is 4.06. The van der Waals surface area contributed by atoms with Crippen LogP contribution in [0.5, 0.6) is 0 Å². The highest BCUT2D eigenvalue weighted by molar-refractivity contribution is 9.10. The summed E-state index contributed by atoms with van der Waals surface area (Å²) in [4.78, 5) is 1.09. The van der Waals surface area contributed by atoms with E-state index in [1.165, 1.54) is 11.9 Å². The molecule has 0 aliphatic heterocycles. The van der Waals surface area contributed by atoms with E-state index < -0.39 is 5.62 Å². The Morgan fingerprint density at radius 2 is 2.05 bits per heavy atom. The Balaban J connectivity index is 2.63. The molecule has 0 aliphatic carbocycles. The molecule has 0 spiro atoms. The molecule has 1 aromatic rings. The first kappa shape index (κ1) is 19.5. The molecule has 0 heterocycles. The van der Waals surface area contributed by atoms with E-state index in [1.54, 1.807) is 17.7 Å². The normalized spacial score (nSPS) is 14.3. The van der Waals surface area contributed by atoms with Gasteiger partial charge in [0.2, 0.25) is 5.62 Å². The van der Waals surface area contributed by atoms with Gasteiger partial charge in [-0.1, -0.05) is 34.2 Å². The lowest BCUT2D eigenvalue weighted by Crippen LogP contribution is -2.12. The lowest BCUT2D eigenvalue weighted by Gasteiger charge is -2.28. The van der Waals surface area contributed by atoms with E-state index in [9.17, 15) is 0 Å². The molecule has 0 saturated heterocycles. The lowest BCUT2D eigenvalue weighted by atomic mass is 10.4. The van der Waals surface area contributed by atoms with Crippen LogP contribution in [-0.2, 0) is 16.3 Å². The summed E-state index contributed by atoms with van der Waals surface area (Å²) < 4.78 is 13.2. The van der Waals surface area contributed by atoms with Gasteiger partial charge in [0, 0.05) is 34.1 Å². The van der Waals surface area contributed by atoms with Crippen molar-refractivity contribution < 1.29 is 4.52 Å². The van der Waals surface area contributed by atoms with Crippen molar-refractivity contribution in [1.82, 2.24) is 4.67 Å². The van der Waals surface area contributed by atoms with Gasteiger partial charge in [-0.2, -0.15) is 0 Å². The van der Waals surface area contributed by atoms with Crippen molar-refractivity contribution in [3.8, 4) is 0 Å². The van der Waals surface area contributed by atoms with Crippen LogP contribution in [0.2, 0.25) is 0 Å². The minimum absolute atomic E-state index is 0.631. The summed E-state index contributed by atoms with van der Waals surface area (Å²) in [5, 5.41) is 0. The molecule has 0 N–H and O–H groups in total. The number of halogens is 1. The van der Waals surface area contributed by atoms with Crippen LogP contribution in [-0.4, -0.2) is 30.4 Å². The highest BCUT2D eigenvalue weighted by Gasteiger charge is 2.21. The maximum absolute atomic E-state index is 5.82. The van der Waals surface area contributed by atoms with Crippen molar-refractivity contribution in [2.24, 2.45) is 4.40 Å². The summed E-state index contributed by atoms with van der Waals surface area (Å²) in [6, 6.07) is 8.06. The van der Waals surface area contributed by atoms with E-state index in [2.05, 4.69) is 27.3 Å². The molecular weight excluding hydrogens is 407 g/mol. The predicted octanol–water partition coefficient (Wildman–Crippen LogP) is 5.82. The van der Waals surface area contributed by atoms with E-state index >= 15 is 0 Å². The van der Waals surface area contributed by atoms with Crippen molar-refractivity contribution in [3.63, 3.8) is 0 Å². The Hall–Kier alpha value is 0.480. The lowest BCUT2D eigenvalue weighted by molar-refractivity contribution is 0.368. The second kappa shape index (κ2) is 10.3. The molecule has 118 valence electrons. The van der Waals surface area contributed by atoms with Crippen LogP contribution in [0.1, 0.15) is 20.3 Å². The maximum atomic E-state index is 5.82. The fraction of sp³-hybridized carbons (Fsp3) is 0.462. The Morgan fingerprint density at radius 1 is 1.38 bits per heavy atom. The fourth-order valence-corrected chi connectivity index (χ4v) is 7.13. The molecule has 1 unspecified atom stereocenters. The minimum Gasteiger partial charge on any atom is -0.327 e. The van der Waals surface area contributed by atoms with Crippen LogP contribution in [0.3, 0.4) is 0 Å². The largest absolute Gasteiger partial charge is 0.327 e. The average molecular weight is 427 g/mol. The van der Waals surface area contributed by atoms with E-state index in [-0.39, 0.29) is 0 Å². The smallest absolute Gasteiger partial charge is 0.213 e. The van der Waals surface area contributed by atoms with E-state index in [0.29, 0.717) is 6.61 Å². The van der Waals surface area contributed by atoms with Gasteiger partial charge in [-0.3, -0.25) is 0 Å². The summed E-state index contributed by atoms with van der Waals surface area (Å²) in [6.07, 6.45) is 2.88. The molecular formula is C13H20BrN2OPS3. The summed E-state index contributed by atoms with van der Waals surface area (Å²) in [6.45, 7) is 4.76. The Labute approximate surface area is 149 Å². The van der Waals surface area contributed by atoms with Crippen LogP contribution in [0.25, 0.3) is 0 Å². The minimum atomic E-state index is -2.04. The standard InChI is InChI=1S/C13H20BrN2OPS3/c1-4-10-20-18(19,17-5-2)16(3)11-15-21-13-8-6-12(14)7-9-13/h6-9,11H,4-5,10H2,1-3H3. The third-order valence-corrected chi connectivity index (χ3v) is 10.6. The summed E-state index contributed by atoms with van der Waals surface area (Å²) in [5.74, 6) is 1.01. The van der Waals surface area contributed by atoms with E-state index in [0.717, 1.165) is 21.5 Å². The molecule has 1 rings (SSSR count). The maximum Gasteiger partial charge on any atom is 0.213 e. The van der Waals surface area contributed by atoms with Gasteiger partial charge in [0.25, 0.3) is 0 Å². The SMILES string of the molecule is CCCSP(=S)(OCC)N(C)C=NSc1ccc(Br)cc1. The molecule has 1 aromatic carbocycles. The van der Waals surface area contributed by atoms with Crippen LogP contribution in [0.15, 0.2) is 38.0 Å². The van der Waals surface area contributed by atoms with Gasteiger partial charge in [-0.15, -0.1) is 0 Å². The first-order valence-electron chi connectivity index (χ1n) is 6.60. The van der Waals surface area contributed by atoms with Crippen molar-refractivity contribution in [2.75, 3.05) is 19.4 Å². The van der Waals surface area contributed by atoms with Crippen molar-refractivity contribution in [2.45, 2.75) is 25.2 Å². The molecule has 21 heavy (non-hydrogen) atoms. The first-order valence-corrected chi connectivity index (χ1v) is 12.4. The average Bonchev–Trinajstić information content (AvgIpc) is 2.47. The van der Waals surface area contributed by atoms with Crippen molar-refractivity contribution >= 4 is 63.0 Å². The molecule has 0 amide bonds. The molecule has 0 saturated carbocycles. The third kappa shape index (κ3) is 7.06. The van der Waals surface area contributed by atoms with Crippen LogP contribution >= 0.6 is 44.9 Å². The van der Waals surface area contributed by atoms with Gasteiger partial charge in [-0.05, 0) is 49.4 Å². The zero-order valence-electron chi connectivity index (χ0n) is 12.4. The Morgan fingerprint density at radius 3 is 2.62 bits per heavy atom. The summed E-state index contributed by atoms with van der Waals surface area (Å²) >= 11 is 12.3. The molecule has 0 aliphatic rings. The van der Waals surface area contributed by atoms with Gasteiger partial charge in [-0.25, -0.2) is 4.40 Å². The van der Waals surface area contributed by atoms with Crippen LogP contribution < -0.4 is 0 Å². The third-order valence-electron chi connectivity index (χ3n) is 2.32. The highest BCUT2D eigenvalue weighted by Crippen LogP contribution is 2.61. The number of hydrogen-bond donors (Lipinski definition) is 0. The van der Waals surface area contributed by atoms with Gasteiger partial charge >= 0.3 is 0 Å². The zero-order chi connectivity index (χ0) is 15.7. The summed E-state index contributed by atoms with van der Waals surface area (Å²) in [7, 11) is 1.95. The van der Waals surface area contributed by atoms with E-state index in [4.69, 9.17) is 16.3 Å². The second-order valence-corrected chi connectivity index (χ2v) is 12.8. The van der Waals surface area contributed by atoms with E-state index in [1.807, 2.05) is 42.9 Å². The van der Waals surface area contributed by atoms with Gasteiger partial charge < -0.3 is 9.19 Å². The number of rotatable bonds is 9. The number of benzene rings is 1. The number of nitrogens with zero attached hydrogens (tertiary/aromatic N) is 2. The van der Waals surface area contributed by atoms with Crippen molar-refractivity contribution in [3.05, 3.63) is 28.7 Å². The summed E-state index contributed by atoms with van der Waals surface area (Å²) in [5.41, 5.74) is -2.04. The molecule has 0 fully saturated rings. The topological polar surface area (TPSA) is 24.8 Å². The van der Waals surface area contributed by atoms with Crippen LogP contribution in [0, 0.1) is 0 Å². The monoisotopic (exact) mass is 426 g/mol. The van der Waals surface area contributed by atoms with Gasteiger partial charge in [0.05, 0.1) is 6.61 Å².